The van der Waals surface area contributed by atoms with E-state index in [-0.39, 0.29) is 24.2 Å². The van der Waals surface area contributed by atoms with Crippen LogP contribution in [-0.4, -0.2) is 94.8 Å². The van der Waals surface area contributed by atoms with Crippen molar-refractivity contribution in [2.24, 2.45) is 17.8 Å². The van der Waals surface area contributed by atoms with E-state index in [1.165, 1.54) is 31.6 Å². The maximum Gasteiger partial charge on any atom is 0.337 e. The Bertz CT molecular complexity index is 1040. The molecule has 0 amide bonds. The molecule has 0 radical (unpaired) electrons. The summed E-state index contributed by atoms with van der Waals surface area (Å²) in [6, 6.07) is 6.27. The largest absolute Gasteiger partial charge is 0.508 e. The molecule has 2 heterocycles. The molecule has 5 N–H and O–H groups in total. The molecule has 0 unspecified atom stereocenters. The fourth-order valence-corrected chi connectivity index (χ4v) is 5.13. The summed E-state index contributed by atoms with van der Waals surface area (Å²) in [6.07, 6.45) is -3.33. The molecule has 1 aliphatic carbocycles. The first-order valence-electron chi connectivity index (χ1n) is 12.3. The molecule has 1 saturated heterocycles. The highest BCUT2D eigenvalue weighted by atomic mass is 16.8. The molecular formula is C26H32O12. The second-order valence-corrected chi connectivity index (χ2v) is 9.48. The first kappa shape index (κ1) is 28.0. The molecule has 12 heteroatoms. The summed E-state index contributed by atoms with van der Waals surface area (Å²) in [5, 5.41) is 49.4. The summed E-state index contributed by atoms with van der Waals surface area (Å²) in [5.41, 5.74) is 0.995. The van der Waals surface area contributed by atoms with Gasteiger partial charge in [-0.1, -0.05) is 12.1 Å². The van der Waals surface area contributed by atoms with Crippen molar-refractivity contribution in [1.29, 1.82) is 0 Å². The van der Waals surface area contributed by atoms with Gasteiger partial charge in [-0.05, 0) is 36.6 Å². The Kier molecular flexibility index (Phi) is 9.03. The van der Waals surface area contributed by atoms with E-state index < -0.39 is 61.5 Å². The van der Waals surface area contributed by atoms with Gasteiger partial charge < -0.3 is 49.2 Å². The van der Waals surface area contributed by atoms with E-state index >= 15 is 0 Å². The number of rotatable bonds is 8. The zero-order valence-electron chi connectivity index (χ0n) is 20.7. The van der Waals surface area contributed by atoms with Crippen LogP contribution < -0.4 is 0 Å². The number of carbonyl (C=O) groups is 2. The van der Waals surface area contributed by atoms with Gasteiger partial charge in [-0.2, -0.15) is 0 Å². The topological polar surface area (TPSA) is 181 Å². The number of carbonyl (C=O) groups excluding carboxylic acids is 2. The lowest BCUT2D eigenvalue weighted by Crippen LogP contribution is -2.60. The lowest BCUT2D eigenvalue weighted by atomic mass is 9.83. The van der Waals surface area contributed by atoms with Crippen molar-refractivity contribution >= 4 is 18.0 Å². The molecular weight excluding hydrogens is 504 g/mol. The number of aliphatic hydroxyl groups is 4. The monoisotopic (exact) mass is 536 g/mol. The van der Waals surface area contributed by atoms with Crippen molar-refractivity contribution in [2.75, 3.05) is 20.3 Å². The standard InChI is InChI=1S/C26H32O12/c1-34-24(33)17-12-36-25(38-26-23(32)22(31)21(30)18(10-27)37-26)20-14(5-8-16(17)20)11-35-19(29)9-4-13-2-6-15(28)7-3-13/h2-4,6-7,9,12,14,16,18,20-23,25-28,30-32H,5,8,10-11H2,1H3/b9-4+/t14-,16-,18+,20-,21-,22+,23+,25+,26+/m1/s1. The maximum absolute atomic E-state index is 12.4. The van der Waals surface area contributed by atoms with Gasteiger partial charge in [-0.3, -0.25) is 0 Å². The highest BCUT2D eigenvalue weighted by molar-refractivity contribution is 5.89. The van der Waals surface area contributed by atoms with Gasteiger partial charge in [0.2, 0.25) is 6.29 Å². The molecule has 2 fully saturated rings. The number of methoxy groups -OCH3 is 1. The zero-order valence-corrected chi connectivity index (χ0v) is 20.7. The van der Waals surface area contributed by atoms with Crippen LogP contribution in [-0.2, 0) is 33.3 Å². The first-order valence-corrected chi connectivity index (χ1v) is 12.3. The van der Waals surface area contributed by atoms with Crippen molar-refractivity contribution in [1.82, 2.24) is 0 Å². The van der Waals surface area contributed by atoms with Gasteiger partial charge in [-0.25, -0.2) is 9.59 Å². The first-order chi connectivity index (χ1) is 18.2. The minimum absolute atomic E-state index is 0.00767. The fraction of sp³-hybridized carbons (Fsp3) is 0.538. The number of aliphatic hydroxyl groups excluding tert-OH is 4. The molecule has 1 aromatic rings. The SMILES string of the molecule is COC(=O)C1=CO[C@@H](O[C@@H]2O[C@@H](CO)[C@@H](O)[C@H](O)[C@@H]2O)[C@@H]2[C@@H](COC(=O)/C=C/c3ccc(O)cc3)CC[C@H]12. The second-order valence-electron chi connectivity index (χ2n) is 9.48. The van der Waals surface area contributed by atoms with Crippen molar-refractivity contribution < 1.29 is 58.8 Å². The van der Waals surface area contributed by atoms with E-state index in [0.717, 1.165) is 0 Å². The van der Waals surface area contributed by atoms with Gasteiger partial charge in [0.1, 0.15) is 30.2 Å². The van der Waals surface area contributed by atoms with Crippen molar-refractivity contribution in [2.45, 2.75) is 49.8 Å². The van der Waals surface area contributed by atoms with Crippen LogP contribution in [0, 0.1) is 17.8 Å². The van der Waals surface area contributed by atoms with E-state index in [1.54, 1.807) is 18.2 Å². The van der Waals surface area contributed by atoms with Gasteiger partial charge in [0.25, 0.3) is 0 Å². The molecule has 2 aliphatic heterocycles. The van der Waals surface area contributed by atoms with Gasteiger partial charge in [-0.15, -0.1) is 0 Å². The Labute approximate surface area is 218 Å². The Morgan fingerprint density at radius 3 is 2.47 bits per heavy atom. The van der Waals surface area contributed by atoms with Crippen LogP contribution in [0.15, 0.2) is 42.2 Å². The molecule has 0 bridgehead atoms. The van der Waals surface area contributed by atoms with E-state index in [0.29, 0.717) is 24.0 Å². The van der Waals surface area contributed by atoms with Gasteiger partial charge in [0, 0.05) is 23.8 Å². The van der Waals surface area contributed by atoms with Crippen LogP contribution in [0.1, 0.15) is 18.4 Å². The van der Waals surface area contributed by atoms with Crippen molar-refractivity contribution in [3.63, 3.8) is 0 Å². The number of esters is 2. The Balaban J connectivity index is 1.46. The van der Waals surface area contributed by atoms with Crippen LogP contribution in [0.4, 0.5) is 0 Å². The molecule has 9 atom stereocenters. The molecule has 38 heavy (non-hydrogen) atoms. The average molecular weight is 537 g/mol. The van der Waals surface area contributed by atoms with Crippen LogP contribution >= 0.6 is 0 Å². The number of hydrogen-bond donors (Lipinski definition) is 5. The van der Waals surface area contributed by atoms with Gasteiger partial charge >= 0.3 is 11.9 Å². The Morgan fingerprint density at radius 2 is 1.79 bits per heavy atom. The molecule has 208 valence electrons. The third-order valence-electron chi connectivity index (χ3n) is 7.18. The molecule has 0 aromatic heterocycles. The van der Waals surface area contributed by atoms with Gasteiger partial charge in [0.05, 0.1) is 32.2 Å². The third kappa shape index (κ3) is 6.01. The van der Waals surface area contributed by atoms with E-state index in [9.17, 15) is 35.1 Å². The number of phenols is 1. The predicted octanol–water partition coefficient (Wildman–Crippen LogP) is -0.179. The minimum Gasteiger partial charge on any atom is -0.508 e. The number of benzene rings is 1. The predicted molar refractivity (Wildman–Crippen MR) is 128 cm³/mol. The van der Waals surface area contributed by atoms with Crippen LogP contribution in [0.3, 0.4) is 0 Å². The Hall–Kier alpha value is -3.00. The average Bonchev–Trinajstić information content (AvgIpc) is 3.36. The second kappa shape index (κ2) is 12.2. The van der Waals surface area contributed by atoms with E-state index in [1.807, 2.05) is 0 Å². The minimum atomic E-state index is -1.64. The highest BCUT2D eigenvalue weighted by Gasteiger charge is 2.52. The van der Waals surface area contributed by atoms with E-state index in [2.05, 4.69) is 0 Å². The number of aromatic hydroxyl groups is 1. The van der Waals surface area contributed by atoms with Gasteiger partial charge in [0.15, 0.2) is 6.29 Å². The maximum atomic E-state index is 12.4. The molecule has 3 aliphatic rings. The Morgan fingerprint density at radius 1 is 1.05 bits per heavy atom. The lowest BCUT2D eigenvalue weighted by molar-refractivity contribution is -0.342. The van der Waals surface area contributed by atoms with Crippen molar-refractivity contribution in [3.05, 3.63) is 47.7 Å². The number of phenolic OH excluding ortho intramolecular Hbond substituents is 1. The zero-order chi connectivity index (χ0) is 27.4. The van der Waals surface area contributed by atoms with Crippen molar-refractivity contribution in [3.8, 4) is 5.75 Å². The quantitative estimate of drug-likeness (QED) is 0.219. The molecule has 12 nitrogen and oxygen atoms in total. The highest BCUT2D eigenvalue weighted by Crippen LogP contribution is 2.47. The molecule has 1 saturated carbocycles. The summed E-state index contributed by atoms with van der Waals surface area (Å²) >= 11 is 0. The molecule has 0 spiro atoms. The summed E-state index contributed by atoms with van der Waals surface area (Å²) in [6.45, 7) is -0.628. The molecule has 1 aromatic carbocycles. The van der Waals surface area contributed by atoms with E-state index in [4.69, 9.17) is 23.7 Å². The smallest absolute Gasteiger partial charge is 0.337 e. The van der Waals surface area contributed by atoms with Crippen LogP contribution in [0.25, 0.3) is 6.08 Å². The summed E-state index contributed by atoms with van der Waals surface area (Å²) < 4.78 is 27.4. The van der Waals surface area contributed by atoms with Crippen LogP contribution in [0.2, 0.25) is 0 Å². The lowest BCUT2D eigenvalue weighted by Gasteiger charge is -2.43. The summed E-state index contributed by atoms with van der Waals surface area (Å²) in [4.78, 5) is 24.7. The summed E-state index contributed by atoms with van der Waals surface area (Å²) in [7, 11) is 1.25. The number of hydrogen-bond acceptors (Lipinski definition) is 12. The number of ether oxygens (including phenoxy) is 5. The third-order valence-corrected chi connectivity index (χ3v) is 7.18. The number of fused-ring (bicyclic) bond motifs is 1. The van der Waals surface area contributed by atoms with Crippen LogP contribution in [0.5, 0.6) is 5.75 Å². The normalized spacial score (nSPS) is 34.8. The fourth-order valence-electron chi connectivity index (χ4n) is 5.13. The summed E-state index contributed by atoms with van der Waals surface area (Å²) in [5.74, 6) is -2.21. The molecule has 4 rings (SSSR count).